The first-order valence-corrected chi connectivity index (χ1v) is 10.6. The molecule has 0 saturated heterocycles. The highest BCUT2D eigenvalue weighted by Gasteiger charge is 2.31. The van der Waals surface area contributed by atoms with E-state index in [9.17, 15) is 0 Å². The minimum atomic E-state index is 0.280. The van der Waals surface area contributed by atoms with E-state index in [0.717, 1.165) is 71.0 Å². The maximum Gasteiger partial charge on any atom is 0.231 e. The molecule has 0 spiro atoms. The predicted molar refractivity (Wildman–Crippen MR) is 114 cm³/mol. The molecule has 0 saturated carbocycles. The molecule has 2 aromatic heterocycles. The molecule has 4 heterocycles. The van der Waals surface area contributed by atoms with E-state index in [1.165, 1.54) is 11.4 Å². The number of aromatic nitrogens is 3. The molecule has 0 atom stereocenters. The first-order valence-electron chi connectivity index (χ1n) is 10.6. The van der Waals surface area contributed by atoms with Crippen molar-refractivity contribution < 1.29 is 9.47 Å². The van der Waals surface area contributed by atoms with Crippen LogP contribution in [0.25, 0.3) is 16.8 Å². The summed E-state index contributed by atoms with van der Waals surface area (Å²) in [5.74, 6) is 2.87. The Bertz CT molecular complexity index is 1110. The third-order valence-electron chi connectivity index (χ3n) is 6.53. The van der Waals surface area contributed by atoms with E-state index >= 15 is 0 Å². The summed E-state index contributed by atoms with van der Waals surface area (Å²) in [5, 5.41) is 4.98. The monoisotopic (exact) mass is 392 g/mol. The Balaban J connectivity index is 1.76. The Morgan fingerprint density at radius 2 is 1.86 bits per heavy atom. The van der Waals surface area contributed by atoms with Gasteiger partial charge in [-0.3, -0.25) is 0 Å². The molecule has 0 amide bonds. The summed E-state index contributed by atoms with van der Waals surface area (Å²) >= 11 is 0. The molecule has 0 unspecified atom stereocenters. The molecule has 0 fully saturated rings. The number of rotatable bonds is 4. The minimum absolute atomic E-state index is 0.280. The maximum atomic E-state index is 5.72. The number of ether oxygens (including phenoxy) is 2. The average Bonchev–Trinajstić information content (AvgIpc) is 3.42. The van der Waals surface area contributed by atoms with Crippen LogP contribution in [0.3, 0.4) is 0 Å². The van der Waals surface area contributed by atoms with Crippen molar-refractivity contribution in [2.45, 2.75) is 59.9 Å². The van der Waals surface area contributed by atoms with E-state index < -0.39 is 0 Å². The van der Waals surface area contributed by atoms with E-state index in [-0.39, 0.29) is 6.79 Å². The molecule has 2 aliphatic rings. The quantitative estimate of drug-likeness (QED) is 0.649. The van der Waals surface area contributed by atoms with Crippen molar-refractivity contribution in [3.05, 3.63) is 34.6 Å². The van der Waals surface area contributed by atoms with Crippen LogP contribution in [-0.2, 0) is 6.42 Å². The van der Waals surface area contributed by atoms with Crippen molar-refractivity contribution in [1.29, 1.82) is 0 Å². The largest absolute Gasteiger partial charge is 0.454 e. The van der Waals surface area contributed by atoms with Crippen molar-refractivity contribution >= 4 is 11.5 Å². The molecule has 0 N–H and O–H groups in total. The minimum Gasteiger partial charge on any atom is -0.454 e. The average molecular weight is 393 g/mol. The van der Waals surface area contributed by atoms with Crippen LogP contribution in [0.2, 0.25) is 0 Å². The summed E-state index contributed by atoms with van der Waals surface area (Å²) in [5.41, 5.74) is 7.64. The third-order valence-corrected chi connectivity index (χ3v) is 6.53. The summed E-state index contributed by atoms with van der Waals surface area (Å²) in [6, 6.07) is 4.63. The van der Waals surface area contributed by atoms with Gasteiger partial charge in [0.25, 0.3) is 0 Å². The van der Waals surface area contributed by atoms with E-state index in [2.05, 4.69) is 50.1 Å². The summed E-state index contributed by atoms with van der Waals surface area (Å²) in [6.07, 6.45) is 3.30. The number of fused-ring (bicyclic) bond motifs is 4. The molecule has 152 valence electrons. The summed E-state index contributed by atoms with van der Waals surface area (Å²) < 4.78 is 13.4. The lowest BCUT2D eigenvalue weighted by Crippen LogP contribution is -2.34. The van der Waals surface area contributed by atoms with Crippen LogP contribution in [0.4, 0.5) is 5.82 Å². The van der Waals surface area contributed by atoms with Crippen molar-refractivity contribution in [2.75, 3.05) is 18.2 Å². The fraction of sp³-hybridized carbons (Fsp3) is 0.478. The molecule has 0 radical (unpaired) electrons. The maximum absolute atomic E-state index is 5.72. The molecule has 6 nitrogen and oxygen atoms in total. The molecule has 0 aliphatic carbocycles. The van der Waals surface area contributed by atoms with Crippen molar-refractivity contribution in [2.24, 2.45) is 0 Å². The first-order chi connectivity index (χ1) is 14.0. The van der Waals surface area contributed by atoms with Gasteiger partial charge < -0.3 is 14.4 Å². The fourth-order valence-corrected chi connectivity index (χ4v) is 4.99. The molecule has 3 aromatic rings. The highest BCUT2D eigenvalue weighted by atomic mass is 16.7. The zero-order valence-corrected chi connectivity index (χ0v) is 17.9. The third kappa shape index (κ3) is 2.54. The Morgan fingerprint density at radius 3 is 2.62 bits per heavy atom. The zero-order chi connectivity index (χ0) is 20.3. The highest BCUT2D eigenvalue weighted by Crippen LogP contribution is 2.43. The van der Waals surface area contributed by atoms with Crippen LogP contribution in [0.15, 0.2) is 12.1 Å². The van der Waals surface area contributed by atoms with E-state index in [1.54, 1.807) is 0 Å². The van der Waals surface area contributed by atoms with Crippen LogP contribution in [0, 0.1) is 20.8 Å². The molecule has 6 heteroatoms. The van der Waals surface area contributed by atoms with Gasteiger partial charge in [0.15, 0.2) is 17.1 Å². The lowest BCUT2D eigenvalue weighted by atomic mass is 9.99. The number of hydrogen-bond donors (Lipinski definition) is 0. The summed E-state index contributed by atoms with van der Waals surface area (Å²) in [4.78, 5) is 7.57. The normalized spacial score (nSPS) is 15.0. The molecular weight excluding hydrogens is 364 g/mol. The number of hydrogen-bond acceptors (Lipinski definition) is 5. The Morgan fingerprint density at radius 1 is 1.07 bits per heavy atom. The van der Waals surface area contributed by atoms with Gasteiger partial charge in [0.2, 0.25) is 6.79 Å². The van der Waals surface area contributed by atoms with Crippen LogP contribution in [0.1, 0.15) is 49.2 Å². The summed E-state index contributed by atoms with van der Waals surface area (Å²) in [6.45, 7) is 12.2. The Labute approximate surface area is 171 Å². The topological polar surface area (TPSA) is 51.9 Å². The van der Waals surface area contributed by atoms with Gasteiger partial charge in [-0.05, 0) is 57.7 Å². The highest BCUT2D eigenvalue weighted by molar-refractivity contribution is 5.85. The van der Waals surface area contributed by atoms with Crippen molar-refractivity contribution in [3.8, 4) is 22.6 Å². The SMILES string of the molecule is CCC(CC)N1CCc2c(C)nc3c(-c4ccc5c(c4C)OCO5)c(C)nn3c21. The second-order valence-corrected chi connectivity index (χ2v) is 8.08. The van der Waals surface area contributed by atoms with Crippen molar-refractivity contribution in [1.82, 2.24) is 14.6 Å². The number of anilines is 1. The van der Waals surface area contributed by atoms with Crippen molar-refractivity contribution in [3.63, 3.8) is 0 Å². The molecular formula is C23H28N4O2. The number of benzene rings is 1. The van der Waals surface area contributed by atoms with Crippen LogP contribution < -0.4 is 14.4 Å². The predicted octanol–water partition coefficient (Wildman–Crippen LogP) is 4.60. The molecule has 5 rings (SSSR count). The molecule has 29 heavy (non-hydrogen) atoms. The second-order valence-electron chi connectivity index (χ2n) is 8.08. The van der Waals surface area contributed by atoms with Gasteiger partial charge in [-0.1, -0.05) is 13.8 Å². The lowest BCUT2D eigenvalue weighted by molar-refractivity contribution is 0.173. The van der Waals surface area contributed by atoms with Gasteiger partial charge in [-0.2, -0.15) is 9.61 Å². The van der Waals surface area contributed by atoms with Gasteiger partial charge in [0.1, 0.15) is 5.82 Å². The van der Waals surface area contributed by atoms with E-state index in [0.29, 0.717) is 6.04 Å². The van der Waals surface area contributed by atoms with E-state index in [4.69, 9.17) is 19.6 Å². The Hall–Kier alpha value is -2.76. The van der Waals surface area contributed by atoms with Crippen LogP contribution in [-0.4, -0.2) is 34.0 Å². The smallest absolute Gasteiger partial charge is 0.231 e. The molecule has 0 bridgehead atoms. The zero-order valence-electron chi connectivity index (χ0n) is 17.9. The number of nitrogens with zero attached hydrogens (tertiary/aromatic N) is 4. The van der Waals surface area contributed by atoms with E-state index in [1.807, 2.05) is 6.07 Å². The van der Waals surface area contributed by atoms with Crippen LogP contribution in [0.5, 0.6) is 11.5 Å². The summed E-state index contributed by atoms with van der Waals surface area (Å²) in [7, 11) is 0. The van der Waals surface area contributed by atoms with Gasteiger partial charge in [-0.15, -0.1) is 0 Å². The van der Waals surface area contributed by atoms with Gasteiger partial charge in [0, 0.05) is 35.0 Å². The first kappa shape index (κ1) is 18.3. The lowest BCUT2D eigenvalue weighted by Gasteiger charge is -2.28. The van der Waals surface area contributed by atoms with Gasteiger partial charge >= 0.3 is 0 Å². The molecule has 2 aliphatic heterocycles. The Kier molecular flexibility index (Phi) is 4.19. The van der Waals surface area contributed by atoms with Gasteiger partial charge in [-0.25, -0.2) is 4.98 Å². The standard InChI is InChI=1S/C23H28N4O2/c1-6-16(7-2)26-11-10-18-14(4)24-22-20(15(5)25-27(22)23(18)26)17-8-9-19-21(13(17)3)29-12-28-19/h8-9,16H,6-7,10-12H2,1-5H3. The van der Waals surface area contributed by atoms with Crippen LogP contribution >= 0.6 is 0 Å². The number of aryl methyl sites for hydroxylation is 2. The van der Waals surface area contributed by atoms with Gasteiger partial charge in [0.05, 0.1) is 5.69 Å². The second kappa shape index (κ2) is 6.65. The fourth-order valence-electron chi connectivity index (χ4n) is 4.99. The molecule has 1 aromatic carbocycles.